The molecule has 0 atom stereocenters. The topological polar surface area (TPSA) is 98.0 Å². The molecule has 1 N–H and O–H groups in total. The number of thioether (sulfide) groups is 1. The van der Waals surface area contributed by atoms with E-state index in [2.05, 4.69) is 15.3 Å². The fraction of sp³-hybridized carbons (Fsp3) is 0.353. The maximum atomic E-state index is 12.2. The highest BCUT2D eigenvalue weighted by atomic mass is 32.2. The summed E-state index contributed by atoms with van der Waals surface area (Å²) in [6.07, 6.45) is 0. The van der Waals surface area contributed by atoms with Gasteiger partial charge in [0.25, 0.3) is 5.69 Å². The lowest BCUT2D eigenvalue weighted by Gasteiger charge is -2.09. The quantitative estimate of drug-likeness (QED) is 0.378. The Labute approximate surface area is 150 Å². The van der Waals surface area contributed by atoms with Gasteiger partial charge in [-0.05, 0) is 57.4 Å². The van der Waals surface area contributed by atoms with Crippen LogP contribution < -0.4 is 5.32 Å². The molecule has 1 aromatic carbocycles. The van der Waals surface area contributed by atoms with Crippen molar-refractivity contribution in [3.63, 3.8) is 0 Å². The number of hydrogen-bond acceptors (Lipinski definition) is 6. The molecule has 8 heteroatoms. The van der Waals surface area contributed by atoms with E-state index < -0.39 is 4.92 Å². The number of rotatable bonds is 5. The lowest BCUT2D eigenvalue weighted by atomic mass is 10.1. The van der Waals surface area contributed by atoms with E-state index >= 15 is 0 Å². The molecule has 0 aliphatic carbocycles. The average Bonchev–Trinajstić information content (AvgIpc) is 2.53. The summed E-state index contributed by atoms with van der Waals surface area (Å²) in [5, 5.41) is 14.3. The zero-order chi connectivity index (χ0) is 18.7. The molecule has 25 heavy (non-hydrogen) atoms. The zero-order valence-corrected chi connectivity index (χ0v) is 15.7. The third-order valence-electron chi connectivity index (χ3n) is 4.03. The number of amides is 1. The van der Waals surface area contributed by atoms with Gasteiger partial charge in [-0.2, -0.15) is 0 Å². The Hall–Kier alpha value is -2.48. The second-order valence-corrected chi connectivity index (χ2v) is 6.79. The lowest BCUT2D eigenvalue weighted by molar-refractivity contribution is -0.384. The van der Waals surface area contributed by atoms with Crippen molar-refractivity contribution in [3.8, 4) is 0 Å². The van der Waals surface area contributed by atoms with E-state index in [0.29, 0.717) is 5.16 Å². The molecule has 1 heterocycles. The molecule has 0 aliphatic heterocycles. The van der Waals surface area contributed by atoms with Gasteiger partial charge in [-0.1, -0.05) is 11.8 Å². The van der Waals surface area contributed by atoms with E-state index in [1.165, 1.54) is 17.8 Å². The van der Waals surface area contributed by atoms with Gasteiger partial charge in [-0.3, -0.25) is 14.9 Å². The number of hydrogen-bond donors (Lipinski definition) is 1. The average molecular weight is 360 g/mol. The van der Waals surface area contributed by atoms with Crippen LogP contribution in [0.3, 0.4) is 0 Å². The summed E-state index contributed by atoms with van der Waals surface area (Å²) in [6, 6.07) is 3.08. The number of aryl methyl sites for hydroxylation is 4. The van der Waals surface area contributed by atoms with Crippen LogP contribution in [0, 0.1) is 44.7 Å². The van der Waals surface area contributed by atoms with Crippen LogP contribution in [-0.4, -0.2) is 26.6 Å². The number of nitro benzene ring substituents is 1. The summed E-state index contributed by atoms with van der Waals surface area (Å²) in [6.45, 7) is 9.38. The lowest BCUT2D eigenvalue weighted by Crippen LogP contribution is -2.16. The molecule has 0 bridgehead atoms. The maximum absolute atomic E-state index is 12.2. The predicted molar refractivity (Wildman–Crippen MR) is 98.2 cm³/mol. The van der Waals surface area contributed by atoms with Crippen molar-refractivity contribution in [2.45, 2.75) is 39.8 Å². The van der Waals surface area contributed by atoms with Gasteiger partial charge in [0.15, 0.2) is 5.16 Å². The first kappa shape index (κ1) is 18.9. The van der Waals surface area contributed by atoms with Crippen molar-refractivity contribution in [1.82, 2.24) is 9.97 Å². The maximum Gasteiger partial charge on any atom is 0.293 e. The Bertz CT molecular complexity index is 829. The van der Waals surface area contributed by atoms with E-state index in [1.54, 1.807) is 13.0 Å². The number of carbonyl (C=O) groups excluding carboxylic acids is 1. The first-order chi connectivity index (χ1) is 11.7. The Kier molecular flexibility index (Phi) is 5.73. The molecule has 132 valence electrons. The van der Waals surface area contributed by atoms with Crippen LogP contribution in [0.15, 0.2) is 17.3 Å². The molecule has 0 saturated carbocycles. The van der Waals surface area contributed by atoms with E-state index in [-0.39, 0.29) is 23.0 Å². The molecule has 2 rings (SSSR count). The van der Waals surface area contributed by atoms with Crippen molar-refractivity contribution in [3.05, 3.63) is 50.3 Å². The highest BCUT2D eigenvalue weighted by Gasteiger charge is 2.18. The van der Waals surface area contributed by atoms with Crippen LogP contribution >= 0.6 is 11.8 Å². The minimum atomic E-state index is -0.495. The first-order valence-electron chi connectivity index (χ1n) is 7.69. The molecule has 0 spiro atoms. The van der Waals surface area contributed by atoms with Crippen LogP contribution in [0.2, 0.25) is 0 Å². The summed E-state index contributed by atoms with van der Waals surface area (Å²) in [5.74, 6) is -0.262. The molecule has 7 nitrogen and oxygen atoms in total. The SMILES string of the molecule is Cc1cc(NC(=O)CSc2nc(C)c(C)c(C)n2)c([N+](=O)[O-])cc1C. The van der Waals surface area contributed by atoms with Gasteiger partial charge < -0.3 is 5.32 Å². The molecule has 0 saturated heterocycles. The third kappa shape index (κ3) is 4.54. The van der Waals surface area contributed by atoms with Gasteiger partial charge in [-0.25, -0.2) is 9.97 Å². The number of aromatic nitrogens is 2. The van der Waals surface area contributed by atoms with E-state index in [0.717, 1.165) is 28.1 Å². The fourth-order valence-electron chi connectivity index (χ4n) is 2.17. The summed E-state index contributed by atoms with van der Waals surface area (Å²) in [5.41, 5.74) is 4.55. The molecular formula is C17H20N4O3S. The van der Waals surface area contributed by atoms with Gasteiger partial charge in [0, 0.05) is 17.5 Å². The number of nitrogens with zero attached hydrogens (tertiary/aromatic N) is 3. The molecule has 1 aromatic heterocycles. The number of carbonyl (C=O) groups is 1. The molecule has 0 aliphatic rings. The van der Waals surface area contributed by atoms with Crippen molar-refractivity contribution in [1.29, 1.82) is 0 Å². The summed E-state index contributed by atoms with van der Waals surface area (Å²) >= 11 is 1.20. The van der Waals surface area contributed by atoms with Crippen LogP contribution in [0.4, 0.5) is 11.4 Å². The molecule has 1 amide bonds. The normalized spacial score (nSPS) is 10.6. The predicted octanol–water partition coefficient (Wildman–Crippen LogP) is 3.66. The fourth-order valence-corrected chi connectivity index (χ4v) is 2.91. The van der Waals surface area contributed by atoms with Crippen molar-refractivity contribution in [2.75, 3.05) is 11.1 Å². The summed E-state index contributed by atoms with van der Waals surface area (Å²) in [7, 11) is 0. The van der Waals surface area contributed by atoms with Crippen LogP contribution in [0.1, 0.15) is 28.1 Å². The second kappa shape index (κ2) is 7.60. The van der Waals surface area contributed by atoms with Crippen molar-refractivity contribution < 1.29 is 9.72 Å². The number of nitrogens with one attached hydrogen (secondary N) is 1. The Morgan fingerprint density at radius 2 is 1.68 bits per heavy atom. The molecule has 2 aromatic rings. The standard InChI is InChI=1S/C17H20N4O3S/c1-9-6-14(15(21(23)24)7-10(9)2)20-16(22)8-25-17-18-12(4)11(3)13(5)19-17/h6-7H,8H2,1-5H3,(H,20,22). The van der Waals surface area contributed by atoms with Crippen LogP contribution in [-0.2, 0) is 4.79 Å². The summed E-state index contributed by atoms with van der Waals surface area (Å²) in [4.78, 5) is 31.6. The molecule has 0 radical (unpaired) electrons. The van der Waals surface area contributed by atoms with Gasteiger partial charge in [0.2, 0.25) is 5.91 Å². The molecule has 0 unspecified atom stereocenters. The van der Waals surface area contributed by atoms with Gasteiger partial charge in [-0.15, -0.1) is 0 Å². The largest absolute Gasteiger partial charge is 0.320 e. The van der Waals surface area contributed by atoms with Crippen LogP contribution in [0.25, 0.3) is 0 Å². The zero-order valence-electron chi connectivity index (χ0n) is 14.8. The van der Waals surface area contributed by atoms with Gasteiger partial charge in [0.05, 0.1) is 10.7 Å². The monoisotopic (exact) mass is 360 g/mol. The number of nitro groups is 1. The van der Waals surface area contributed by atoms with Gasteiger partial charge in [0.1, 0.15) is 5.69 Å². The Balaban J connectivity index is 2.11. The second-order valence-electron chi connectivity index (χ2n) is 5.85. The number of benzene rings is 1. The highest BCUT2D eigenvalue weighted by molar-refractivity contribution is 7.99. The Morgan fingerprint density at radius 1 is 1.12 bits per heavy atom. The Morgan fingerprint density at radius 3 is 2.24 bits per heavy atom. The smallest absolute Gasteiger partial charge is 0.293 e. The highest BCUT2D eigenvalue weighted by Crippen LogP contribution is 2.28. The molecule has 0 fully saturated rings. The van der Waals surface area contributed by atoms with E-state index in [4.69, 9.17) is 0 Å². The molecular weight excluding hydrogens is 340 g/mol. The first-order valence-corrected chi connectivity index (χ1v) is 8.67. The van der Waals surface area contributed by atoms with Crippen molar-refractivity contribution in [2.24, 2.45) is 0 Å². The third-order valence-corrected chi connectivity index (χ3v) is 4.87. The van der Waals surface area contributed by atoms with E-state index in [9.17, 15) is 14.9 Å². The van der Waals surface area contributed by atoms with E-state index in [1.807, 2.05) is 27.7 Å². The minimum Gasteiger partial charge on any atom is -0.320 e. The number of anilines is 1. The minimum absolute atomic E-state index is 0.0754. The van der Waals surface area contributed by atoms with Crippen molar-refractivity contribution >= 4 is 29.0 Å². The van der Waals surface area contributed by atoms with Crippen LogP contribution in [0.5, 0.6) is 0 Å². The van der Waals surface area contributed by atoms with Gasteiger partial charge >= 0.3 is 0 Å². The summed E-state index contributed by atoms with van der Waals surface area (Å²) < 4.78 is 0.